The smallest absolute Gasteiger partial charge is 0.253 e. The Balaban J connectivity index is 1.82. The highest BCUT2D eigenvalue weighted by Crippen LogP contribution is 2.31. The van der Waals surface area contributed by atoms with Crippen LogP contribution >= 0.6 is 11.6 Å². The first-order valence-electron chi connectivity index (χ1n) is 7.88. The molecule has 0 aromatic heterocycles. The minimum absolute atomic E-state index is 0.0246. The third kappa shape index (κ3) is 3.58. The second kappa shape index (κ2) is 6.50. The third-order valence-corrected chi connectivity index (χ3v) is 8.31. The van der Waals surface area contributed by atoms with Crippen molar-refractivity contribution >= 4 is 49.0 Å². The van der Waals surface area contributed by atoms with Gasteiger partial charge < -0.3 is 5.32 Å². The molecule has 1 aromatic carbocycles. The van der Waals surface area contributed by atoms with Crippen molar-refractivity contribution in [3.05, 3.63) is 28.8 Å². The van der Waals surface area contributed by atoms with E-state index in [9.17, 15) is 26.4 Å². The molecule has 2 aliphatic heterocycles. The van der Waals surface area contributed by atoms with Crippen molar-refractivity contribution in [2.45, 2.75) is 19.4 Å². The van der Waals surface area contributed by atoms with Crippen molar-refractivity contribution in [3.63, 3.8) is 0 Å². The summed E-state index contributed by atoms with van der Waals surface area (Å²) in [6.45, 7) is 1.53. The van der Waals surface area contributed by atoms with Crippen LogP contribution in [-0.2, 0) is 24.7 Å². The summed E-state index contributed by atoms with van der Waals surface area (Å²) in [5, 5.41) is 2.59. The van der Waals surface area contributed by atoms with E-state index in [4.69, 9.17) is 11.6 Å². The fourth-order valence-electron chi connectivity index (χ4n) is 3.07. The third-order valence-electron chi connectivity index (χ3n) is 4.36. The molecule has 26 heavy (non-hydrogen) atoms. The maximum Gasteiger partial charge on any atom is 0.253 e. The van der Waals surface area contributed by atoms with E-state index in [1.54, 1.807) is 0 Å². The lowest BCUT2D eigenvalue weighted by Gasteiger charge is -2.17. The van der Waals surface area contributed by atoms with Gasteiger partial charge in [-0.2, -0.15) is 0 Å². The van der Waals surface area contributed by atoms with Crippen molar-refractivity contribution < 1.29 is 26.4 Å². The van der Waals surface area contributed by atoms with Gasteiger partial charge in [0.2, 0.25) is 15.9 Å². The molecule has 0 saturated carbocycles. The molecule has 2 aliphatic rings. The van der Waals surface area contributed by atoms with Gasteiger partial charge in [-0.15, -0.1) is 0 Å². The zero-order valence-electron chi connectivity index (χ0n) is 13.8. The van der Waals surface area contributed by atoms with Gasteiger partial charge in [-0.1, -0.05) is 18.5 Å². The number of halogens is 1. The van der Waals surface area contributed by atoms with Crippen LogP contribution < -0.4 is 9.62 Å². The first kappa shape index (κ1) is 19.1. The summed E-state index contributed by atoms with van der Waals surface area (Å²) in [7, 11) is -6.90. The van der Waals surface area contributed by atoms with Crippen LogP contribution in [-0.4, -0.2) is 52.0 Å². The van der Waals surface area contributed by atoms with E-state index in [2.05, 4.69) is 5.32 Å². The number of carbonyl (C=O) groups excluding carboxylic acids is 2. The first-order valence-corrected chi connectivity index (χ1v) is 11.7. The van der Waals surface area contributed by atoms with Gasteiger partial charge in [0.25, 0.3) is 5.91 Å². The van der Waals surface area contributed by atoms with E-state index < -0.39 is 43.6 Å². The van der Waals surface area contributed by atoms with E-state index in [1.165, 1.54) is 25.1 Å². The Morgan fingerprint density at radius 2 is 1.92 bits per heavy atom. The number of sulfonamides is 1. The highest BCUT2D eigenvalue weighted by molar-refractivity contribution is 7.94. The van der Waals surface area contributed by atoms with E-state index in [1.807, 2.05) is 0 Å². The Morgan fingerprint density at radius 1 is 1.23 bits per heavy atom. The van der Waals surface area contributed by atoms with Gasteiger partial charge in [-0.3, -0.25) is 9.59 Å². The van der Waals surface area contributed by atoms with Crippen molar-refractivity contribution in [3.8, 4) is 0 Å². The normalized spacial score (nSPS) is 26.8. The number of rotatable bonds is 3. The van der Waals surface area contributed by atoms with Crippen LogP contribution in [0.2, 0.25) is 5.02 Å². The monoisotopic (exact) mass is 420 g/mol. The summed E-state index contributed by atoms with van der Waals surface area (Å²) in [6, 6.07) is 3.42. The van der Waals surface area contributed by atoms with Crippen LogP contribution in [0.15, 0.2) is 18.2 Å². The zero-order chi connectivity index (χ0) is 19.3. The van der Waals surface area contributed by atoms with Gasteiger partial charge in [0, 0.05) is 6.04 Å². The van der Waals surface area contributed by atoms with E-state index >= 15 is 0 Å². The zero-order valence-corrected chi connectivity index (χ0v) is 16.2. The van der Waals surface area contributed by atoms with Gasteiger partial charge in [0.05, 0.1) is 39.4 Å². The predicted octanol–water partition coefficient (Wildman–Crippen LogP) is 0.569. The minimum Gasteiger partial charge on any atom is -0.348 e. The number of anilines is 1. The Bertz CT molecular complexity index is 989. The number of nitrogens with one attached hydrogen (secondary N) is 1. The molecule has 0 bridgehead atoms. The summed E-state index contributed by atoms with van der Waals surface area (Å²) in [5.74, 6) is -2.11. The van der Waals surface area contributed by atoms with Crippen LogP contribution in [0.25, 0.3) is 0 Å². The van der Waals surface area contributed by atoms with Crippen LogP contribution in [0, 0.1) is 5.92 Å². The Kier molecular flexibility index (Phi) is 4.78. The van der Waals surface area contributed by atoms with Crippen LogP contribution in [0.4, 0.5) is 5.69 Å². The molecule has 1 aromatic rings. The molecule has 3 rings (SSSR count). The minimum atomic E-state index is -3.76. The number of benzene rings is 1. The Labute approximate surface area is 156 Å². The first-order chi connectivity index (χ1) is 12.0. The number of hydrogen-bond donors (Lipinski definition) is 1. The van der Waals surface area contributed by atoms with Gasteiger partial charge in [-0.05, 0) is 24.6 Å². The van der Waals surface area contributed by atoms with E-state index in [-0.39, 0.29) is 33.5 Å². The molecule has 1 N–H and O–H groups in total. The number of hydrogen-bond acceptors (Lipinski definition) is 6. The van der Waals surface area contributed by atoms with Crippen LogP contribution in [0.1, 0.15) is 23.7 Å². The molecule has 0 radical (unpaired) electrons. The molecule has 2 fully saturated rings. The quantitative estimate of drug-likeness (QED) is 0.763. The number of amides is 2. The average molecular weight is 421 g/mol. The van der Waals surface area contributed by atoms with Gasteiger partial charge >= 0.3 is 0 Å². The maximum absolute atomic E-state index is 12.3. The molecule has 11 heteroatoms. The maximum atomic E-state index is 12.3. The summed E-state index contributed by atoms with van der Waals surface area (Å²) >= 11 is 6.11. The van der Waals surface area contributed by atoms with E-state index in [0.717, 1.165) is 0 Å². The number of sulfone groups is 1. The lowest BCUT2D eigenvalue weighted by atomic mass is 10.1. The Morgan fingerprint density at radius 3 is 2.42 bits per heavy atom. The molecule has 0 spiro atoms. The highest BCUT2D eigenvalue weighted by Gasteiger charge is 2.42. The SMILES string of the molecule is CC1CS(=O)(=O)N(c2ccc(C(=O)NC3CCS(=O)(=O)C3)c(Cl)c2)C1=O. The molecule has 0 aliphatic carbocycles. The van der Waals surface area contributed by atoms with Gasteiger partial charge in [0.1, 0.15) is 0 Å². The topological polar surface area (TPSA) is 118 Å². The largest absolute Gasteiger partial charge is 0.348 e. The molecule has 2 unspecified atom stereocenters. The standard InChI is InChI=1S/C15H17ClN2O6S2/c1-9-7-26(23,24)18(15(9)20)11-2-3-12(13(16)6-11)14(19)17-10-4-5-25(21,22)8-10/h2-3,6,9-10H,4-5,7-8H2,1H3,(H,17,19). The molecule has 2 amide bonds. The summed E-state index contributed by atoms with van der Waals surface area (Å²) in [5.41, 5.74) is 0.154. The summed E-state index contributed by atoms with van der Waals surface area (Å²) in [4.78, 5) is 24.4. The van der Waals surface area contributed by atoms with Gasteiger partial charge in [0.15, 0.2) is 9.84 Å². The van der Waals surface area contributed by atoms with Gasteiger partial charge in [-0.25, -0.2) is 21.1 Å². The number of nitrogens with zero attached hydrogens (tertiary/aromatic N) is 1. The molecular formula is C15H17ClN2O6S2. The second-order valence-electron chi connectivity index (χ2n) is 6.52. The molecule has 2 heterocycles. The molecule has 2 saturated heterocycles. The highest BCUT2D eigenvalue weighted by atomic mass is 35.5. The van der Waals surface area contributed by atoms with Crippen molar-refractivity contribution in [1.29, 1.82) is 0 Å². The van der Waals surface area contributed by atoms with Crippen molar-refractivity contribution in [2.24, 2.45) is 5.92 Å². The fraction of sp³-hybridized carbons (Fsp3) is 0.467. The van der Waals surface area contributed by atoms with Crippen LogP contribution in [0.5, 0.6) is 0 Å². The lowest BCUT2D eigenvalue weighted by molar-refractivity contribution is -0.119. The molecule has 2 atom stereocenters. The number of carbonyl (C=O) groups is 2. The summed E-state index contributed by atoms with van der Waals surface area (Å²) < 4.78 is 47.9. The molecular weight excluding hydrogens is 404 g/mol. The second-order valence-corrected chi connectivity index (χ2v) is 11.0. The average Bonchev–Trinajstić information content (AvgIpc) is 2.94. The lowest BCUT2D eigenvalue weighted by Crippen LogP contribution is -2.35. The van der Waals surface area contributed by atoms with Crippen LogP contribution in [0.3, 0.4) is 0 Å². The molecule has 8 nitrogen and oxygen atoms in total. The fourth-order valence-corrected chi connectivity index (χ4v) is 6.82. The Hall–Kier alpha value is -1.65. The molecule has 142 valence electrons. The van der Waals surface area contributed by atoms with Crippen molar-refractivity contribution in [1.82, 2.24) is 5.32 Å². The van der Waals surface area contributed by atoms with Crippen molar-refractivity contribution in [2.75, 3.05) is 21.6 Å². The summed E-state index contributed by atoms with van der Waals surface area (Å²) in [6.07, 6.45) is 0.336. The predicted molar refractivity (Wildman–Crippen MR) is 96.4 cm³/mol. The van der Waals surface area contributed by atoms with E-state index in [0.29, 0.717) is 10.7 Å².